The summed E-state index contributed by atoms with van der Waals surface area (Å²) in [6.07, 6.45) is 4.60. The van der Waals surface area contributed by atoms with Crippen LogP contribution in [-0.2, 0) is 13.0 Å². The Balaban J connectivity index is 1.41. The molecule has 1 saturated heterocycles. The number of anilines is 1. The Morgan fingerprint density at radius 1 is 1.03 bits per heavy atom. The number of likely N-dealkylation sites (N-methyl/N-ethyl adjacent to an activating group) is 1. The van der Waals surface area contributed by atoms with Crippen molar-refractivity contribution >= 4 is 23.4 Å². The second-order valence-corrected chi connectivity index (χ2v) is 7.42. The minimum atomic E-state index is 0.516. The molecule has 2 N–H and O–H groups in total. The average Bonchev–Trinajstić information content (AvgIpc) is 2.78. The number of hydrogen-bond donors (Lipinski definition) is 2. The van der Waals surface area contributed by atoms with Crippen LogP contribution in [0.3, 0.4) is 0 Å². The van der Waals surface area contributed by atoms with Crippen LogP contribution < -0.4 is 15.5 Å². The number of rotatable bonds is 7. The first-order chi connectivity index (χ1) is 14.2. The number of hydrogen-bond acceptors (Lipinski definition) is 5. The number of aliphatic imine (C=N–C) groups is 1. The molecule has 2 aromatic rings. The molecule has 1 aliphatic rings. The maximum Gasteiger partial charge on any atom is 0.191 e. The lowest BCUT2D eigenvalue weighted by atomic mass is 10.2. The summed E-state index contributed by atoms with van der Waals surface area (Å²) >= 11 is 5.82. The number of aromatic nitrogens is 2. The van der Waals surface area contributed by atoms with Crippen LogP contribution in [0, 0.1) is 0 Å². The number of pyridine rings is 2. The van der Waals surface area contributed by atoms with Gasteiger partial charge in [0.25, 0.3) is 0 Å². The van der Waals surface area contributed by atoms with Crippen LogP contribution >= 0.6 is 11.6 Å². The van der Waals surface area contributed by atoms with Gasteiger partial charge in [0.2, 0.25) is 0 Å². The molecule has 3 rings (SSSR count). The van der Waals surface area contributed by atoms with Crippen molar-refractivity contribution in [3.63, 3.8) is 0 Å². The smallest absolute Gasteiger partial charge is 0.191 e. The first kappa shape index (κ1) is 21.3. The van der Waals surface area contributed by atoms with Crippen LogP contribution in [0.15, 0.2) is 41.7 Å². The predicted octanol–water partition coefficient (Wildman–Crippen LogP) is 2.18. The molecule has 0 spiro atoms. The maximum absolute atomic E-state index is 5.82. The van der Waals surface area contributed by atoms with E-state index in [9.17, 15) is 0 Å². The minimum Gasteiger partial charge on any atom is -0.356 e. The highest BCUT2D eigenvalue weighted by atomic mass is 35.5. The fourth-order valence-corrected chi connectivity index (χ4v) is 3.40. The van der Waals surface area contributed by atoms with E-state index in [0.29, 0.717) is 11.7 Å². The molecule has 1 aliphatic heterocycles. The van der Waals surface area contributed by atoms with E-state index in [1.54, 1.807) is 13.2 Å². The summed E-state index contributed by atoms with van der Waals surface area (Å²) in [5, 5.41) is 7.17. The van der Waals surface area contributed by atoms with E-state index >= 15 is 0 Å². The molecule has 0 bridgehead atoms. The van der Waals surface area contributed by atoms with E-state index in [0.717, 1.165) is 68.6 Å². The van der Waals surface area contributed by atoms with Gasteiger partial charge in [0.05, 0.1) is 0 Å². The second-order valence-electron chi connectivity index (χ2n) is 7.04. The maximum atomic E-state index is 5.82. The average molecular weight is 416 g/mol. The number of nitrogens with one attached hydrogen (secondary N) is 2. The Hall–Kier alpha value is -2.38. The normalized spacial score (nSPS) is 15.4. The Morgan fingerprint density at radius 3 is 2.41 bits per heavy atom. The largest absolute Gasteiger partial charge is 0.356 e. The third kappa shape index (κ3) is 6.58. The number of guanidine groups is 1. The summed E-state index contributed by atoms with van der Waals surface area (Å²) in [4.78, 5) is 17.9. The SMILES string of the molecule is CCN1CCN(c2ccc(CNC(=NC)NCCc3ccc(Cl)nc3)cn2)CC1. The number of nitrogens with zero attached hydrogens (tertiary/aromatic N) is 5. The molecule has 3 heterocycles. The fourth-order valence-electron chi connectivity index (χ4n) is 3.29. The zero-order valence-electron chi connectivity index (χ0n) is 17.2. The molecule has 29 heavy (non-hydrogen) atoms. The highest BCUT2D eigenvalue weighted by Gasteiger charge is 2.16. The predicted molar refractivity (Wildman–Crippen MR) is 120 cm³/mol. The second kappa shape index (κ2) is 11.0. The zero-order chi connectivity index (χ0) is 20.5. The van der Waals surface area contributed by atoms with Crippen LogP contribution in [-0.4, -0.2) is 67.1 Å². The molecular weight excluding hydrogens is 386 g/mol. The third-order valence-corrected chi connectivity index (χ3v) is 5.35. The lowest BCUT2D eigenvalue weighted by Gasteiger charge is -2.34. The van der Waals surface area contributed by atoms with E-state index in [4.69, 9.17) is 11.6 Å². The van der Waals surface area contributed by atoms with Gasteiger partial charge in [-0.15, -0.1) is 0 Å². The van der Waals surface area contributed by atoms with Crippen LogP contribution in [0.5, 0.6) is 0 Å². The summed E-state index contributed by atoms with van der Waals surface area (Å²) in [7, 11) is 1.77. The van der Waals surface area contributed by atoms with E-state index in [2.05, 4.69) is 54.5 Å². The summed E-state index contributed by atoms with van der Waals surface area (Å²) in [6.45, 7) is 9.08. The van der Waals surface area contributed by atoms with Gasteiger partial charge >= 0.3 is 0 Å². The lowest BCUT2D eigenvalue weighted by Crippen LogP contribution is -2.46. The Labute approximate surface area is 178 Å². The van der Waals surface area contributed by atoms with E-state index in [1.807, 2.05) is 18.3 Å². The van der Waals surface area contributed by atoms with Crippen LogP contribution in [0.4, 0.5) is 5.82 Å². The molecule has 1 fully saturated rings. The van der Waals surface area contributed by atoms with Crippen molar-refractivity contribution in [2.75, 3.05) is 51.2 Å². The summed E-state index contributed by atoms with van der Waals surface area (Å²) < 4.78 is 0. The summed E-state index contributed by atoms with van der Waals surface area (Å²) in [5.41, 5.74) is 2.27. The van der Waals surface area contributed by atoms with Crippen molar-refractivity contribution in [3.05, 3.63) is 52.9 Å². The minimum absolute atomic E-state index is 0.516. The zero-order valence-corrected chi connectivity index (χ0v) is 18.0. The van der Waals surface area contributed by atoms with Crippen molar-refractivity contribution in [2.45, 2.75) is 19.9 Å². The monoisotopic (exact) mass is 415 g/mol. The number of halogens is 1. The molecule has 7 nitrogen and oxygen atoms in total. The van der Waals surface area contributed by atoms with Gasteiger partial charge in [-0.2, -0.15) is 0 Å². The molecule has 2 aromatic heterocycles. The molecule has 0 radical (unpaired) electrons. The molecule has 8 heteroatoms. The molecule has 0 aliphatic carbocycles. The van der Waals surface area contributed by atoms with E-state index < -0.39 is 0 Å². The standard InChI is InChI=1S/C21H30ClN7/c1-3-28-10-12-29(13-11-28)20-7-5-18(15-26-20)16-27-21(23-2)24-9-8-17-4-6-19(22)25-14-17/h4-7,14-15H,3,8-13,16H2,1-2H3,(H2,23,24,27). The van der Waals surface area contributed by atoms with Crippen molar-refractivity contribution in [3.8, 4) is 0 Å². The van der Waals surface area contributed by atoms with E-state index in [-0.39, 0.29) is 0 Å². The van der Waals surface area contributed by atoms with Crippen molar-refractivity contribution in [1.82, 2.24) is 25.5 Å². The third-order valence-electron chi connectivity index (χ3n) is 5.13. The van der Waals surface area contributed by atoms with Crippen molar-refractivity contribution in [1.29, 1.82) is 0 Å². The molecule has 156 valence electrons. The highest BCUT2D eigenvalue weighted by molar-refractivity contribution is 6.29. The van der Waals surface area contributed by atoms with Gasteiger partial charge in [0.15, 0.2) is 5.96 Å². The molecule has 0 amide bonds. The van der Waals surface area contributed by atoms with Gasteiger partial charge in [-0.1, -0.05) is 30.7 Å². The van der Waals surface area contributed by atoms with E-state index in [1.165, 1.54) is 0 Å². The van der Waals surface area contributed by atoms with Gasteiger partial charge in [0.1, 0.15) is 11.0 Å². The van der Waals surface area contributed by atoms with Gasteiger partial charge in [-0.3, -0.25) is 4.99 Å². The molecular formula is C21H30ClN7. The summed E-state index contributed by atoms with van der Waals surface area (Å²) in [6, 6.07) is 8.05. The van der Waals surface area contributed by atoms with Crippen molar-refractivity contribution < 1.29 is 0 Å². The first-order valence-electron chi connectivity index (χ1n) is 10.1. The van der Waals surface area contributed by atoms with Crippen LogP contribution in [0.25, 0.3) is 0 Å². The fraction of sp³-hybridized carbons (Fsp3) is 0.476. The van der Waals surface area contributed by atoms with Gasteiger partial charge in [0, 0.05) is 58.7 Å². The summed E-state index contributed by atoms with van der Waals surface area (Å²) in [5.74, 6) is 1.83. The van der Waals surface area contributed by atoms with Gasteiger partial charge in [-0.25, -0.2) is 9.97 Å². The molecule has 0 aromatic carbocycles. The molecule has 0 saturated carbocycles. The number of piperazine rings is 1. The molecule has 0 unspecified atom stereocenters. The first-order valence-corrected chi connectivity index (χ1v) is 10.5. The Bertz CT molecular complexity index is 769. The van der Waals surface area contributed by atoms with Gasteiger partial charge in [-0.05, 0) is 36.2 Å². The van der Waals surface area contributed by atoms with Crippen LogP contribution in [0.2, 0.25) is 5.15 Å². The molecule has 0 atom stereocenters. The highest BCUT2D eigenvalue weighted by Crippen LogP contribution is 2.14. The van der Waals surface area contributed by atoms with Crippen LogP contribution in [0.1, 0.15) is 18.1 Å². The van der Waals surface area contributed by atoms with Crippen molar-refractivity contribution in [2.24, 2.45) is 4.99 Å². The Morgan fingerprint density at radius 2 is 1.79 bits per heavy atom. The Kier molecular flexibility index (Phi) is 8.07. The topological polar surface area (TPSA) is 68.7 Å². The quantitative estimate of drug-likeness (QED) is 0.410. The lowest BCUT2D eigenvalue weighted by molar-refractivity contribution is 0.270. The van der Waals surface area contributed by atoms with Gasteiger partial charge < -0.3 is 20.4 Å².